The van der Waals surface area contributed by atoms with Gasteiger partial charge in [-0.15, -0.1) is 0 Å². The summed E-state index contributed by atoms with van der Waals surface area (Å²) in [6.07, 6.45) is 5.14. The molecule has 0 aliphatic heterocycles. The molecule has 6 heteroatoms. The molecular formula is C25H30N4O2. The molecule has 0 atom stereocenters. The zero-order valence-corrected chi connectivity index (χ0v) is 18.3. The predicted molar refractivity (Wildman–Crippen MR) is 126 cm³/mol. The molecule has 6 nitrogen and oxygen atoms in total. The Bertz CT molecular complexity index is 1130. The summed E-state index contributed by atoms with van der Waals surface area (Å²) in [5.41, 5.74) is 7.28. The highest BCUT2D eigenvalue weighted by atomic mass is 16.5. The summed E-state index contributed by atoms with van der Waals surface area (Å²) in [5, 5.41) is 5.35. The number of aryl methyl sites for hydroxylation is 1. The van der Waals surface area contributed by atoms with Crippen molar-refractivity contribution < 1.29 is 4.74 Å². The Labute approximate surface area is 183 Å². The van der Waals surface area contributed by atoms with Gasteiger partial charge >= 0.3 is 0 Å². The first-order valence-electron chi connectivity index (χ1n) is 11.2. The number of hydrogen-bond donors (Lipinski definition) is 1. The van der Waals surface area contributed by atoms with Gasteiger partial charge in [0.1, 0.15) is 0 Å². The SMILES string of the molecule is CC(C)OCCCn1c(N/N=C2/CCCCc3ccccc32)nc2ccccc2c1=O. The van der Waals surface area contributed by atoms with Gasteiger partial charge in [0.05, 0.1) is 22.7 Å². The summed E-state index contributed by atoms with van der Waals surface area (Å²) in [6.45, 7) is 5.14. The van der Waals surface area contributed by atoms with Crippen LogP contribution in [0.4, 0.5) is 5.95 Å². The standard InChI is InChI=1S/C25H30N4O2/c1-18(2)31-17-9-16-29-24(30)21-13-6-8-14-22(21)26-25(29)28-27-23-15-7-4-11-19-10-3-5-12-20(19)23/h3,5-6,8,10,12-14,18H,4,7,9,11,15-17H2,1-2H3,(H,26,28)/b27-23-. The Kier molecular flexibility index (Phi) is 6.77. The number of rotatable bonds is 7. The quantitative estimate of drug-likeness (QED) is 0.341. The monoisotopic (exact) mass is 418 g/mol. The van der Waals surface area contributed by atoms with Gasteiger partial charge in [0.15, 0.2) is 0 Å². The highest BCUT2D eigenvalue weighted by Gasteiger charge is 2.15. The van der Waals surface area contributed by atoms with Crippen LogP contribution in [0.1, 0.15) is 50.7 Å². The molecule has 0 bridgehead atoms. The summed E-state index contributed by atoms with van der Waals surface area (Å²) in [6, 6.07) is 15.9. The lowest BCUT2D eigenvalue weighted by atomic mass is 10.0. The van der Waals surface area contributed by atoms with Crippen LogP contribution >= 0.6 is 0 Å². The van der Waals surface area contributed by atoms with Crippen LogP contribution in [0.15, 0.2) is 58.4 Å². The first-order chi connectivity index (χ1) is 15.1. The fourth-order valence-electron chi connectivity index (χ4n) is 4.00. The molecule has 0 fully saturated rings. The summed E-state index contributed by atoms with van der Waals surface area (Å²) in [4.78, 5) is 17.9. The number of ether oxygens (including phenoxy) is 1. The van der Waals surface area contributed by atoms with Crippen molar-refractivity contribution in [2.75, 3.05) is 12.0 Å². The number of aromatic nitrogens is 2. The Morgan fingerprint density at radius 2 is 1.87 bits per heavy atom. The average Bonchev–Trinajstić information content (AvgIpc) is 2.99. The Morgan fingerprint density at radius 1 is 1.10 bits per heavy atom. The Hall–Kier alpha value is -2.99. The first-order valence-corrected chi connectivity index (χ1v) is 11.2. The van der Waals surface area contributed by atoms with Crippen molar-refractivity contribution >= 4 is 22.6 Å². The normalized spacial score (nSPS) is 15.3. The summed E-state index contributed by atoms with van der Waals surface area (Å²) in [7, 11) is 0. The van der Waals surface area contributed by atoms with Crippen molar-refractivity contribution in [3.05, 3.63) is 70.0 Å². The molecule has 1 aliphatic rings. The zero-order chi connectivity index (χ0) is 21.6. The second kappa shape index (κ2) is 9.88. The number of hydrazone groups is 1. The van der Waals surface area contributed by atoms with Gasteiger partial charge in [0.25, 0.3) is 5.56 Å². The number of hydrogen-bond acceptors (Lipinski definition) is 5. The van der Waals surface area contributed by atoms with E-state index in [1.807, 2.05) is 38.1 Å². The predicted octanol–water partition coefficient (Wildman–Crippen LogP) is 4.75. The van der Waals surface area contributed by atoms with Gasteiger partial charge in [-0.05, 0) is 63.6 Å². The van der Waals surface area contributed by atoms with E-state index < -0.39 is 0 Å². The summed E-state index contributed by atoms with van der Waals surface area (Å²) >= 11 is 0. The van der Waals surface area contributed by atoms with E-state index in [1.165, 1.54) is 11.1 Å². The molecular weight excluding hydrogens is 388 g/mol. The average molecular weight is 419 g/mol. The molecule has 4 rings (SSSR count). The van der Waals surface area contributed by atoms with Crippen molar-refractivity contribution in [1.82, 2.24) is 9.55 Å². The van der Waals surface area contributed by atoms with Gasteiger partial charge in [-0.1, -0.05) is 36.4 Å². The minimum absolute atomic E-state index is 0.0564. The number of benzene rings is 2. The molecule has 31 heavy (non-hydrogen) atoms. The van der Waals surface area contributed by atoms with Gasteiger partial charge < -0.3 is 4.74 Å². The molecule has 1 heterocycles. The van der Waals surface area contributed by atoms with E-state index in [9.17, 15) is 4.79 Å². The smallest absolute Gasteiger partial charge is 0.262 e. The van der Waals surface area contributed by atoms with Crippen LogP contribution in [0.25, 0.3) is 10.9 Å². The van der Waals surface area contributed by atoms with Crippen molar-refractivity contribution in [1.29, 1.82) is 0 Å². The first kappa shape index (κ1) is 21.2. The third-order valence-electron chi connectivity index (χ3n) is 5.57. The second-order valence-electron chi connectivity index (χ2n) is 8.22. The maximum Gasteiger partial charge on any atom is 0.262 e. The van der Waals surface area contributed by atoms with Crippen molar-refractivity contribution in [3.63, 3.8) is 0 Å². The number of nitrogens with zero attached hydrogens (tertiary/aromatic N) is 3. The van der Waals surface area contributed by atoms with E-state index in [0.29, 0.717) is 30.0 Å². The molecule has 3 aromatic rings. The molecule has 1 aromatic heterocycles. The number of anilines is 1. The Morgan fingerprint density at radius 3 is 2.74 bits per heavy atom. The van der Waals surface area contributed by atoms with E-state index in [4.69, 9.17) is 14.8 Å². The molecule has 1 aliphatic carbocycles. The van der Waals surface area contributed by atoms with Crippen LogP contribution in [0.2, 0.25) is 0 Å². The number of para-hydroxylation sites is 1. The molecule has 162 valence electrons. The fraction of sp³-hybridized carbons (Fsp3) is 0.400. The highest BCUT2D eigenvalue weighted by Crippen LogP contribution is 2.21. The van der Waals surface area contributed by atoms with Crippen LogP contribution in [0.3, 0.4) is 0 Å². The van der Waals surface area contributed by atoms with E-state index in [0.717, 1.165) is 37.8 Å². The van der Waals surface area contributed by atoms with Crippen LogP contribution < -0.4 is 11.0 Å². The maximum atomic E-state index is 13.2. The summed E-state index contributed by atoms with van der Waals surface area (Å²) in [5.74, 6) is 0.475. The van der Waals surface area contributed by atoms with Crippen LogP contribution in [0, 0.1) is 0 Å². The Balaban J connectivity index is 1.67. The summed E-state index contributed by atoms with van der Waals surface area (Å²) < 4.78 is 7.33. The molecule has 1 N–H and O–H groups in total. The topological polar surface area (TPSA) is 68.5 Å². The van der Waals surface area contributed by atoms with E-state index >= 15 is 0 Å². The van der Waals surface area contributed by atoms with Gasteiger partial charge in [-0.3, -0.25) is 9.36 Å². The lowest BCUT2D eigenvalue weighted by Gasteiger charge is -2.14. The largest absolute Gasteiger partial charge is 0.379 e. The zero-order valence-electron chi connectivity index (χ0n) is 18.3. The third kappa shape index (κ3) is 5.02. The maximum absolute atomic E-state index is 13.2. The van der Waals surface area contributed by atoms with Crippen molar-refractivity contribution in [2.45, 2.75) is 58.6 Å². The minimum atomic E-state index is -0.0564. The van der Waals surface area contributed by atoms with Crippen LogP contribution in [0.5, 0.6) is 0 Å². The third-order valence-corrected chi connectivity index (χ3v) is 5.57. The lowest BCUT2D eigenvalue weighted by molar-refractivity contribution is 0.0748. The molecule has 0 saturated heterocycles. The molecule has 0 radical (unpaired) electrons. The molecule has 2 aromatic carbocycles. The number of fused-ring (bicyclic) bond motifs is 2. The van der Waals surface area contributed by atoms with Gasteiger partial charge in [-0.2, -0.15) is 5.10 Å². The lowest BCUT2D eigenvalue weighted by Crippen LogP contribution is -2.25. The van der Waals surface area contributed by atoms with Gasteiger partial charge in [0, 0.05) is 18.7 Å². The molecule has 0 saturated carbocycles. The highest BCUT2D eigenvalue weighted by molar-refractivity contribution is 6.02. The van der Waals surface area contributed by atoms with Crippen LogP contribution in [-0.4, -0.2) is 28.0 Å². The van der Waals surface area contributed by atoms with Crippen molar-refractivity contribution in [3.8, 4) is 0 Å². The second-order valence-corrected chi connectivity index (χ2v) is 8.22. The van der Waals surface area contributed by atoms with E-state index in [2.05, 4.69) is 29.7 Å². The van der Waals surface area contributed by atoms with Gasteiger partial charge in [-0.25, -0.2) is 10.4 Å². The molecule has 0 unspecified atom stereocenters. The van der Waals surface area contributed by atoms with E-state index in [1.54, 1.807) is 4.57 Å². The van der Waals surface area contributed by atoms with E-state index in [-0.39, 0.29) is 11.7 Å². The molecule has 0 spiro atoms. The molecule has 0 amide bonds. The van der Waals surface area contributed by atoms with Crippen molar-refractivity contribution in [2.24, 2.45) is 5.10 Å². The fourth-order valence-corrected chi connectivity index (χ4v) is 4.00. The minimum Gasteiger partial charge on any atom is -0.379 e. The number of nitrogens with one attached hydrogen (secondary N) is 1. The van der Waals surface area contributed by atoms with Gasteiger partial charge in [0.2, 0.25) is 5.95 Å². The van der Waals surface area contributed by atoms with Crippen LogP contribution in [-0.2, 0) is 17.7 Å².